The number of nitrogen functional groups attached to an aromatic ring is 1. The van der Waals surface area contributed by atoms with E-state index in [1.165, 1.54) is 18.2 Å². The zero-order valence-electron chi connectivity index (χ0n) is 10.5. The summed E-state index contributed by atoms with van der Waals surface area (Å²) in [5.74, 6) is -0.858. The molecule has 7 nitrogen and oxygen atoms in total. The number of aromatic hydroxyl groups is 1. The highest BCUT2D eigenvalue weighted by atomic mass is 35.5. The van der Waals surface area contributed by atoms with Crippen molar-refractivity contribution < 1.29 is 14.8 Å². The third-order valence-electron chi connectivity index (χ3n) is 2.70. The van der Waals surface area contributed by atoms with Crippen LogP contribution in [0.5, 0.6) is 5.75 Å². The summed E-state index contributed by atoms with van der Waals surface area (Å²) in [6.07, 6.45) is 0. The van der Waals surface area contributed by atoms with Crippen molar-refractivity contribution in [1.29, 1.82) is 0 Å². The number of nitrogens with zero attached hydrogens (tertiary/aromatic N) is 1. The zero-order valence-corrected chi connectivity index (χ0v) is 11.3. The Bertz CT molecular complexity index is 733. The summed E-state index contributed by atoms with van der Waals surface area (Å²) in [6.45, 7) is 0. The number of rotatable bonds is 3. The first kappa shape index (κ1) is 14.6. The minimum Gasteiger partial charge on any atom is -0.506 e. The highest BCUT2D eigenvalue weighted by Crippen LogP contribution is 2.28. The molecule has 108 valence electrons. The molecular formula is C13H10ClN3O4. The molecule has 0 unspecified atom stereocenters. The van der Waals surface area contributed by atoms with E-state index < -0.39 is 10.8 Å². The fourth-order valence-electron chi connectivity index (χ4n) is 1.60. The standard InChI is InChI=1S/C13H10ClN3O4/c14-9-5-7(1-3-10(9)15)13(19)16-11-6-8(17(20)21)2-4-12(11)18/h1-6,18H,15H2,(H,16,19). The molecule has 0 spiro atoms. The van der Waals surface area contributed by atoms with Crippen LogP contribution in [0.1, 0.15) is 10.4 Å². The maximum absolute atomic E-state index is 12.0. The number of nitrogens with two attached hydrogens (primary N) is 1. The quantitative estimate of drug-likeness (QED) is 0.349. The highest BCUT2D eigenvalue weighted by molar-refractivity contribution is 6.33. The van der Waals surface area contributed by atoms with Crippen molar-refractivity contribution in [3.05, 3.63) is 57.1 Å². The Labute approximate surface area is 124 Å². The van der Waals surface area contributed by atoms with Crippen LogP contribution in [0.15, 0.2) is 36.4 Å². The molecule has 21 heavy (non-hydrogen) atoms. The van der Waals surface area contributed by atoms with Crippen LogP contribution in [0, 0.1) is 10.1 Å². The lowest BCUT2D eigenvalue weighted by molar-refractivity contribution is -0.384. The summed E-state index contributed by atoms with van der Waals surface area (Å²) in [7, 11) is 0. The van der Waals surface area contributed by atoms with Gasteiger partial charge in [-0.15, -0.1) is 0 Å². The van der Waals surface area contributed by atoms with Crippen LogP contribution < -0.4 is 11.1 Å². The fraction of sp³-hybridized carbons (Fsp3) is 0. The van der Waals surface area contributed by atoms with Crippen LogP contribution >= 0.6 is 11.6 Å². The van der Waals surface area contributed by atoms with Gasteiger partial charge in [0.15, 0.2) is 0 Å². The van der Waals surface area contributed by atoms with Crippen LogP contribution in [0.4, 0.5) is 17.1 Å². The molecule has 0 aliphatic carbocycles. The third-order valence-corrected chi connectivity index (χ3v) is 3.03. The van der Waals surface area contributed by atoms with Gasteiger partial charge in [-0.1, -0.05) is 11.6 Å². The lowest BCUT2D eigenvalue weighted by atomic mass is 10.2. The molecular weight excluding hydrogens is 298 g/mol. The first-order valence-electron chi connectivity index (χ1n) is 5.72. The summed E-state index contributed by atoms with van der Waals surface area (Å²) in [5, 5.41) is 22.9. The third kappa shape index (κ3) is 3.21. The number of non-ortho nitro benzene ring substituents is 1. The Kier molecular flexibility index (Phi) is 3.95. The van der Waals surface area contributed by atoms with Gasteiger partial charge < -0.3 is 16.2 Å². The number of nitro benzene ring substituents is 1. The van der Waals surface area contributed by atoms with E-state index in [0.717, 1.165) is 18.2 Å². The molecule has 0 atom stereocenters. The average Bonchev–Trinajstić information content (AvgIpc) is 2.43. The maximum atomic E-state index is 12.0. The minimum absolute atomic E-state index is 0.0675. The van der Waals surface area contributed by atoms with Crippen molar-refractivity contribution in [3.63, 3.8) is 0 Å². The molecule has 0 radical (unpaired) electrons. The van der Waals surface area contributed by atoms with E-state index in [1.807, 2.05) is 0 Å². The molecule has 2 rings (SSSR count). The molecule has 2 aromatic rings. The predicted molar refractivity (Wildman–Crippen MR) is 78.6 cm³/mol. The van der Waals surface area contributed by atoms with E-state index >= 15 is 0 Å². The number of amides is 1. The van der Waals surface area contributed by atoms with Crippen LogP contribution in [0.2, 0.25) is 5.02 Å². The molecule has 0 aliphatic rings. The van der Waals surface area contributed by atoms with Crippen molar-refractivity contribution in [2.45, 2.75) is 0 Å². The lowest BCUT2D eigenvalue weighted by Crippen LogP contribution is -2.12. The van der Waals surface area contributed by atoms with Crippen molar-refractivity contribution in [3.8, 4) is 5.75 Å². The van der Waals surface area contributed by atoms with Crippen molar-refractivity contribution in [2.75, 3.05) is 11.1 Å². The average molecular weight is 308 g/mol. The molecule has 0 aliphatic heterocycles. The van der Waals surface area contributed by atoms with Gasteiger partial charge in [-0.2, -0.15) is 0 Å². The van der Waals surface area contributed by atoms with E-state index in [9.17, 15) is 20.0 Å². The van der Waals surface area contributed by atoms with Crippen LogP contribution in [-0.4, -0.2) is 15.9 Å². The number of halogens is 1. The Morgan fingerprint density at radius 3 is 2.62 bits per heavy atom. The first-order valence-corrected chi connectivity index (χ1v) is 6.10. The summed E-state index contributed by atoms with van der Waals surface area (Å²) in [5.41, 5.74) is 5.75. The summed E-state index contributed by atoms with van der Waals surface area (Å²) >= 11 is 5.82. The Morgan fingerprint density at radius 2 is 2.00 bits per heavy atom. The molecule has 8 heteroatoms. The van der Waals surface area contributed by atoms with Crippen molar-refractivity contribution >= 4 is 34.6 Å². The largest absolute Gasteiger partial charge is 0.506 e. The fourth-order valence-corrected chi connectivity index (χ4v) is 1.78. The number of phenolic OH excluding ortho intramolecular Hbond substituents is 1. The Balaban J connectivity index is 2.28. The molecule has 4 N–H and O–H groups in total. The van der Waals surface area contributed by atoms with E-state index in [-0.39, 0.29) is 27.7 Å². The highest BCUT2D eigenvalue weighted by Gasteiger charge is 2.14. The van der Waals surface area contributed by atoms with Gasteiger partial charge in [-0.25, -0.2) is 0 Å². The number of nitro groups is 1. The molecule has 2 aromatic carbocycles. The Morgan fingerprint density at radius 1 is 1.29 bits per heavy atom. The second kappa shape index (κ2) is 5.68. The molecule has 0 aromatic heterocycles. The van der Waals surface area contributed by atoms with Gasteiger partial charge in [0.05, 0.1) is 21.3 Å². The summed E-state index contributed by atoms with van der Waals surface area (Å²) in [6, 6.07) is 7.59. The number of carbonyl (C=O) groups is 1. The molecule has 0 heterocycles. The maximum Gasteiger partial charge on any atom is 0.271 e. The number of phenols is 1. The number of hydrogen-bond acceptors (Lipinski definition) is 5. The second-order valence-electron chi connectivity index (χ2n) is 4.15. The molecule has 0 saturated heterocycles. The van der Waals surface area contributed by atoms with Crippen LogP contribution in [0.25, 0.3) is 0 Å². The molecule has 0 bridgehead atoms. The van der Waals surface area contributed by atoms with Crippen molar-refractivity contribution in [1.82, 2.24) is 0 Å². The van der Waals surface area contributed by atoms with Gasteiger partial charge >= 0.3 is 0 Å². The van der Waals surface area contributed by atoms with Gasteiger partial charge in [0.25, 0.3) is 11.6 Å². The van der Waals surface area contributed by atoms with Gasteiger partial charge in [0, 0.05) is 17.7 Å². The van der Waals surface area contributed by atoms with E-state index in [1.54, 1.807) is 0 Å². The van der Waals surface area contributed by atoms with Gasteiger partial charge in [-0.3, -0.25) is 14.9 Å². The van der Waals surface area contributed by atoms with E-state index in [4.69, 9.17) is 17.3 Å². The normalized spacial score (nSPS) is 10.1. The number of carbonyl (C=O) groups excluding carboxylic acids is 1. The topological polar surface area (TPSA) is 118 Å². The van der Waals surface area contributed by atoms with E-state index in [0.29, 0.717) is 5.69 Å². The number of anilines is 2. The number of benzene rings is 2. The minimum atomic E-state index is -0.630. The van der Waals surface area contributed by atoms with E-state index in [2.05, 4.69) is 5.32 Å². The van der Waals surface area contributed by atoms with Gasteiger partial charge in [-0.05, 0) is 24.3 Å². The van der Waals surface area contributed by atoms with Crippen LogP contribution in [0.3, 0.4) is 0 Å². The number of nitrogens with one attached hydrogen (secondary N) is 1. The molecule has 1 amide bonds. The van der Waals surface area contributed by atoms with Crippen molar-refractivity contribution in [2.24, 2.45) is 0 Å². The lowest BCUT2D eigenvalue weighted by Gasteiger charge is -2.08. The van der Waals surface area contributed by atoms with Gasteiger partial charge in [0.2, 0.25) is 0 Å². The summed E-state index contributed by atoms with van der Waals surface area (Å²) in [4.78, 5) is 22.1. The van der Waals surface area contributed by atoms with Crippen LogP contribution in [-0.2, 0) is 0 Å². The molecule has 0 saturated carbocycles. The second-order valence-corrected chi connectivity index (χ2v) is 4.56. The molecule has 0 fully saturated rings. The summed E-state index contributed by atoms with van der Waals surface area (Å²) < 4.78 is 0. The SMILES string of the molecule is Nc1ccc(C(=O)Nc2cc([N+](=O)[O-])ccc2O)cc1Cl. The monoisotopic (exact) mass is 307 g/mol. The van der Waals surface area contributed by atoms with Gasteiger partial charge in [0.1, 0.15) is 5.75 Å². The smallest absolute Gasteiger partial charge is 0.271 e. The Hall–Kier alpha value is -2.80. The number of hydrogen-bond donors (Lipinski definition) is 3. The predicted octanol–water partition coefficient (Wildman–Crippen LogP) is 2.79. The first-order chi connectivity index (χ1) is 9.88. The zero-order chi connectivity index (χ0) is 15.6.